The smallest absolute Gasteiger partial charge is 0.331 e. The minimum Gasteiger partial charge on any atom is -0.479 e. The molecule has 5 nitrogen and oxygen atoms in total. The van der Waals surface area contributed by atoms with Crippen molar-refractivity contribution in [1.29, 1.82) is 0 Å². The van der Waals surface area contributed by atoms with Gasteiger partial charge in [-0.3, -0.25) is 4.79 Å². The van der Waals surface area contributed by atoms with E-state index in [9.17, 15) is 14.7 Å². The topological polar surface area (TPSA) is 75.6 Å². The first kappa shape index (κ1) is 15.1. The van der Waals surface area contributed by atoms with Gasteiger partial charge in [-0.15, -0.1) is 0 Å². The van der Waals surface area contributed by atoms with Crippen molar-refractivity contribution >= 4 is 35.1 Å². The molecule has 7 heteroatoms. The molecule has 0 aromatic heterocycles. The Labute approximate surface area is 125 Å². The van der Waals surface area contributed by atoms with Crippen molar-refractivity contribution in [2.45, 2.75) is 18.4 Å². The largest absolute Gasteiger partial charge is 0.479 e. The van der Waals surface area contributed by atoms with E-state index in [0.29, 0.717) is 22.2 Å². The zero-order valence-corrected chi connectivity index (χ0v) is 12.0. The normalized spacial score (nSPS) is 21.7. The molecule has 0 bridgehead atoms. The molecule has 0 spiro atoms. The van der Waals surface area contributed by atoms with Crippen LogP contribution in [0.25, 0.3) is 0 Å². The number of rotatable bonds is 4. The molecule has 1 aromatic rings. The van der Waals surface area contributed by atoms with E-state index in [-0.39, 0.29) is 19.4 Å². The first-order valence-corrected chi connectivity index (χ1v) is 6.74. The van der Waals surface area contributed by atoms with Gasteiger partial charge in [-0.25, -0.2) is 4.79 Å². The van der Waals surface area contributed by atoms with E-state index < -0.39 is 17.4 Å². The minimum absolute atomic E-state index is 0.00924. The fraction of sp³-hybridized carbons (Fsp3) is 0.385. The Kier molecular flexibility index (Phi) is 4.52. The summed E-state index contributed by atoms with van der Waals surface area (Å²) in [6.45, 7) is 0.292. The van der Waals surface area contributed by atoms with Gasteiger partial charge in [-0.05, 0) is 23.8 Å². The molecule has 2 rings (SSSR count). The predicted octanol–water partition coefficient (Wildman–Crippen LogP) is 1.90. The van der Waals surface area contributed by atoms with E-state index in [1.807, 2.05) is 0 Å². The summed E-state index contributed by atoms with van der Waals surface area (Å²) >= 11 is 11.7. The van der Waals surface area contributed by atoms with E-state index >= 15 is 0 Å². The van der Waals surface area contributed by atoms with E-state index in [4.69, 9.17) is 27.9 Å². The lowest BCUT2D eigenvalue weighted by molar-refractivity contribution is -0.147. The van der Waals surface area contributed by atoms with Gasteiger partial charge in [0.25, 0.3) is 0 Å². The molecule has 1 aliphatic rings. The summed E-state index contributed by atoms with van der Waals surface area (Å²) < 4.78 is 5.07. The summed E-state index contributed by atoms with van der Waals surface area (Å²) in [7, 11) is 0. The summed E-state index contributed by atoms with van der Waals surface area (Å²) in [4.78, 5) is 23.3. The van der Waals surface area contributed by atoms with E-state index in [0.717, 1.165) is 0 Å². The highest BCUT2D eigenvalue weighted by Gasteiger charge is 2.43. The zero-order chi connectivity index (χ0) is 14.8. The van der Waals surface area contributed by atoms with Gasteiger partial charge in [0.2, 0.25) is 5.91 Å². The van der Waals surface area contributed by atoms with Gasteiger partial charge in [-0.1, -0.05) is 23.2 Å². The average molecular weight is 318 g/mol. The van der Waals surface area contributed by atoms with Crippen LogP contribution in [-0.4, -0.2) is 35.7 Å². The van der Waals surface area contributed by atoms with Crippen molar-refractivity contribution in [2.75, 3.05) is 13.2 Å². The van der Waals surface area contributed by atoms with Gasteiger partial charge < -0.3 is 15.2 Å². The van der Waals surface area contributed by atoms with Crippen molar-refractivity contribution in [3.05, 3.63) is 33.8 Å². The number of nitrogens with one attached hydrogen (secondary N) is 1. The predicted molar refractivity (Wildman–Crippen MR) is 74.1 cm³/mol. The van der Waals surface area contributed by atoms with Crippen molar-refractivity contribution < 1.29 is 19.4 Å². The van der Waals surface area contributed by atoms with Gasteiger partial charge >= 0.3 is 5.97 Å². The minimum atomic E-state index is -1.33. The lowest BCUT2D eigenvalue weighted by Gasteiger charge is -2.23. The third-order valence-corrected chi connectivity index (χ3v) is 3.53. The Hall–Kier alpha value is -1.30. The molecule has 0 aliphatic carbocycles. The van der Waals surface area contributed by atoms with Crippen LogP contribution in [0.4, 0.5) is 0 Å². The lowest BCUT2D eigenvalue weighted by atomic mass is 9.98. The van der Waals surface area contributed by atoms with Crippen molar-refractivity contribution in [1.82, 2.24) is 5.32 Å². The number of halogens is 2. The maximum absolute atomic E-state index is 12.0. The monoisotopic (exact) mass is 317 g/mol. The molecule has 1 unspecified atom stereocenters. The van der Waals surface area contributed by atoms with Gasteiger partial charge in [0.1, 0.15) is 0 Å². The molecule has 108 valence electrons. The molecule has 20 heavy (non-hydrogen) atoms. The SMILES string of the molecule is O=C(Cc1cc(Cl)cc(Cl)c1)NC1(C(=O)O)CCOC1. The second-order valence-electron chi connectivity index (χ2n) is 4.69. The Morgan fingerprint density at radius 3 is 2.45 bits per heavy atom. The maximum atomic E-state index is 12.0. The fourth-order valence-electron chi connectivity index (χ4n) is 2.10. The molecule has 2 N–H and O–H groups in total. The number of amides is 1. The molecule has 0 radical (unpaired) electrons. The van der Waals surface area contributed by atoms with Crippen LogP contribution in [0.15, 0.2) is 18.2 Å². The summed E-state index contributed by atoms with van der Waals surface area (Å²) in [5.74, 6) is -1.50. The van der Waals surface area contributed by atoms with Crippen LogP contribution < -0.4 is 5.32 Å². The molecule has 1 aromatic carbocycles. The first-order valence-electron chi connectivity index (χ1n) is 5.98. The first-order chi connectivity index (χ1) is 9.41. The molecule has 0 saturated carbocycles. The Morgan fingerprint density at radius 2 is 1.95 bits per heavy atom. The van der Waals surface area contributed by atoms with Gasteiger partial charge in [0, 0.05) is 23.1 Å². The number of hydrogen-bond acceptors (Lipinski definition) is 3. The van der Waals surface area contributed by atoms with Crippen LogP contribution in [0, 0.1) is 0 Å². The van der Waals surface area contributed by atoms with Crippen molar-refractivity contribution in [2.24, 2.45) is 0 Å². The standard InChI is InChI=1S/C13H13Cl2NO4/c14-9-3-8(4-10(15)6-9)5-11(17)16-13(12(18)19)1-2-20-7-13/h3-4,6H,1-2,5,7H2,(H,16,17)(H,18,19). The number of carboxylic acid groups (broad SMARTS) is 1. The number of carbonyl (C=O) groups excluding carboxylic acids is 1. The molecular weight excluding hydrogens is 305 g/mol. The lowest BCUT2D eigenvalue weighted by Crippen LogP contribution is -2.55. The molecule has 1 saturated heterocycles. The molecule has 1 aliphatic heterocycles. The summed E-state index contributed by atoms with van der Waals surface area (Å²) in [5, 5.41) is 12.6. The van der Waals surface area contributed by atoms with E-state index in [1.165, 1.54) is 0 Å². The molecule has 1 atom stereocenters. The summed E-state index contributed by atoms with van der Waals surface area (Å²) in [5.41, 5.74) is -0.709. The number of ether oxygens (including phenoxy) is 1. The number of carbonyl (C=O) groups is 2. The second kappa shape index (κ2) is 5.99. The molecule has 1 fully saturated rings. The third-order valence-electron chi connectivity index (χ3n) is 3.10. The molecule has 1 heterocycles. The highest BCUT2D eigenvalue weighted by atomic mass is 35.5. The zero-order valence-electron chi connectivity index (χ0n) is 10.5. The number of aliphatic carboxylic acids is 1. The highest BCUT2D eigenvalue weighted by Crippen LogP contribution is 2.21. The van der Waals surface area contributed by atoms with Crippen LogP contribution >= 0.6 is 23.2 Å². The van der Waals surface area contributed by atoms with Crippen LogP contribution in [-0.2, 0) is 20.7 Å². The quantitative estimate of drug-likeness (QED) is 0.889. The van der Waals surface area contributed by atoms with E-state index in [1.54, 1.807) is 18.2 Å². The molecule has 1 amide bonds. The Balaban J connectivity index is 2.06. The maximum Gasteiger partial charge on any atom is 0.331 e. The van der Waals surface area contributed by atoms with Crippen molar-refractivity contribution in [3.8, 4) is 0 Å². The third kappa shape index (κ3) is 3.42. The second-order valence-corrected chi connectivity index (χ2v) is 5.57. The van der Waals surface area contributed by atoms with Gasteiger partial charge in [0.15, 0.2) is 5.54 Å². The average Bonchev–Trinajstić information content (AvgIpc) is 2.76. The Bertz CT molecular complexity index is 521. The van der Waals surface area contributed by atoms with E-state index in [2.05, 4.69) is 5.32 Å². The summed E-state index contributed by atoms with van der Waals surface area (Å²) in [6.07, 6.45) is 0.264. The Morgan fingerprint density at radius 1 is 1.30 bits per heavy atom. The van der Waals surface area contributed by atoms with Crippen LogP contribution in [0.1, 0.15) is 12.0 Å². The number of hydrogen-bond donors (Lipinski definition) is 2. The van der Waals surface area contributed by atoms with Gasteiger partial charge in [-0.2, -0.15) is 0 Å². The number of carboxylic acids is 1. The van der Waals surface area contributed by atoms with Crippen LogP contribution in [0.3, 0.4) is 0 Å². The summed E-state index contributed by atoms with van der Waals surface area (Å²) in [6, 6.07) is 4.80. The van der Waals surface area contributed by atoms with Crippen LogP contribution in [0.2, 0.25) is 10.0 Å². The fourth-order valence-corrected chi connectivity index (χ4v) is 2.67. The number of benzene rings is 1. The van der Waals surface area contributed by atoms with Crippen LogP contribution in [0.5, 0.6) is 0 Å². The van der Waals surface area contributed by atoms with Crippen molar-refractivity contribution in [3.63, 3.8) is 0 Å². The molecular formula is C13H13Cl2NO4. The highest BCUT2D eigenvalue weighted by molar-refractivity contribution is 6.34. The van der Waals surface area contributed by atoms with Gasteiger partial charge in [0.05, 0.1) is 13.0 Å².